The Morgan fingerprint density at radius 2 is 1.75 bits per heavy atom. The zero-order chi connectivity index (χ0) is 18.1. The summed E-state index contributed by atoms with van der Waals surface area (Å²) in [4.78, 5) is 11.0. The van der Waals surface area contributed by atoms with Gasteiger partial charge in [0, 0.05) is 12.1 Å². The Balaban J connectivity index is 2.45. The smallest absolute Gasteiger partial charge is 0.337 e. The summed E-state index contributed by atoms with van der Waals surface area (Å²) in [6, 6.07) is 8.08. The van der Waals surface area contributed by atoms with Crippen LogP contribution in [0.3, 0.4) is 0 Å². The maximum absolute atomic E-state index is 12.7. The largest absolute Gasteiger partial charge is 0.505 e. The molecule has 0 atom stereocenters. The summed E-state index contributed by atoms with van der Waals surface area (Å²) < 4.78 is 30.9. The molecule has 0 heterocycles. The molecule has 0 bridgehead atoms. The minimum Gasteiger partial charge on any atom is -0.505 e. The summed E-state index contributed by atoms with van der Waals surface area (Å²) in [7, 11) is -1.56. The first-order chi connectivity index (χ1) is 11.2. The number of rotatable bonds is 4. The van der Waals surface area contributed by atoms with E-state index in [2.05, 4.69) is 4.74 Å². The Kier molecular flexibility index (Phi) is 5.27. The first kappa shape index (κ1) is 18.4. The van der Waals surface area contributed by atoms with E-state index in [4.69, 9.17) is 23.2 Å². The molecule has 0 aliphatic heterocycles. The number of phenolic OH excluding ortho intramolecular Hbond substituents is 1. The van der Waals surface area contributed by atoms with Crippen molar-refractivity contribution in [1.82, 2.24) is 0 Å². The topological polar surface area (TPSA) is 83.9 Å². The Bertz CT molecular complexity index is 881. The van der Waals surface area contributed by atoms with Gasteiger partial charge in [-0.1, -0.05) is 23.2 Å². The number of halogens is 2. The summed E-state index contributed by atoms with van der Waals surface area (Å²) in [6.07, 6.45) is 0. The zero-order valence-corrected chi connectivity index (χ0v) is 15.0. The van der Waals surface area contributed by atoms with Crippen LogP contribution in [-0.2, 0) is 14.8 Å². The van der Waals surface area contributed by atoms with Crippen molar-refractivity contribution in [2.24, 2.45) is 0 Å². The monoisotopic (exact) mass is 389 g/mol. The van der Waals surface area contributed by atoms with Gasteiger partial charge in [-0.15, -0.1) is 0 Å². The van der Waals surface area contributed by atoms with E-state index < -0.39 is 26.6 Å². The van der Waals surface area contributed by atoms with Crippen LogP contribution in [0.1, 0.15) is 10.4 Å². The lowest BCUT2D eigenvalue weighted by Gasteiger charge is -2.20. The van der Waals surface area contributed by atoms with E-state index in [1.54, 1.807) is 0 Å². The van der Waals surface area contributed by atoms with Gasteiger partial charge in [-0.2, -0.15) is 0 Å². The van der Waals surface area contributed by atoms with Crippen molar-refractivity contribution in [1.29, 1.82) is 0 Å². The standard InChI is InChI=1S/C15H13Cl2NO5S/c1-18(11-5-3-9(4-6-11)15(20)23-2)24(21,22)13-8-10(16)7-12(17)14(13)19/h3-8,19H,1-2H3. The molecule has 2 rings (SSSR count). The number of methoxy groups -OCH3 is 1. The molecule has 0 spiro atoms. The zero-order valence-electron chi connectivity index (χ0n) is 12.7. The average molecular weight is 390 g/mol. The summed E-state index contributed by atoms with van der Waals surface area (Å²) in [5.41, 5.74) is 0.554. The SMILES string of the molecule is COC(=O)c1ccc(N(C)S(=O)(=O)c2cc(Cl)cc(Cl)c2O)cc1. The highest BCUT2D eigenvalue weighted by molar-refractivity contribution is 7.93. The molecule has 9 heteroatoms. The number of anilines is 1. The van der Waals surface area contributed by atoms with Gasteiger partial charge in [0.25, 0.3) is 10.0 Å². The number of benzene rings is 2. The first-order valence-electron chi connectivity index (χ1n) is 6.53. The number of esters is 1. The molecular weight excluding hydrogens is 377 g/mol. The molecule has 128 valence electrons. The fraction of sp³-hybridized carbons (Fsp3) is 0.133. The number of aromatic hydroxyl groups is 1. The van der Waals surface area contributed by atoms with Gasteiger partial charge in [0.15, 0.2) is 5.75 Å². The first-order valence-corrected chi connectivity index (χ1v) is 8.73. The molecule has 24 heavy (non-hydrogen) atoms. The van der Waals surface area contributed by atoms with E-state index in [0.29, 0.717) is 0 Å². The third-order valence-electron chi connectivity index (χ3n) is 3.28. The van der Waals surface area contributed by atoms with Crippen molar-refractivity contribution in [3.8, 4) is 5.75 Å². The van der Waals surface area contributed by atoms with Crippen molar-refractivity contribution >= 4 is 44.9 Å². The number of phenols is 1. The number of carbonyl (C=O) groups excluding carboxylic acids is 1. The third kappa shape index (κ3) is 3.43. The van der Waals surface area contributed by atoms with Crippen molar-refractivity contribution in [3.05, 3.63) is 52.0 Å². The predicted molar refractivity (Wildman–Crippen MR) is 91.5 cm³/mol. The number of ether oxygens (including phenoxy) is 1. The van der Waals surface area contributed by atoms with Crippen molar-refractivity contribution in [2.45, 2.75) is 4.90 Å². The highest BCUT2D eigenvalue weighted by atomic mass is 35.5. The van der Waals surface area contributed by atoms with Gasteiger partial charge in [-0.25, -0.2) is 13.2 Å². The van der Waals surface area contributed by atoms with Crippen molar-refractivity contribution < 1.29 is 23.1 Å². The Labute approximate surface area is 149 Å². The maximum Gasteiger partial charge on any atom is 0.337 e. The highest BCUT2D eigenvalue weighted by Gasteiger charge is 2.27. The number of hydrogen-bond donors (Lipinski definition) is 1. The molecule has 0 radical (unpaired) electrons. The van der Waals surface area contributed by atoms with Crippen LogP contribution < -0.4 is 4.31 Å². The Morgan fingerprint density at radius 1 is 1.17 bits per heavy atom. The fourth-order valence-electron chi connectivity index (χ4n) is 1.95. The molecule has 1 N–H and O–H groups in total. The van der Waals surface area contributed by atoms with Gasteiger partial charge in [-0.3, -0.25) is 4.31 Å². The quantitative estimate of drug-likeness (QED) is 0.810. The minimum atomic E-state index is -4.11. The van der Waals surface area contributed by atoms with Gasteiger partial charge in [0.1, 0.15) is 4.90 Å². The second-order valence-corrected chi connectivity index (χ2v) is 7.53. The molecule has 0 aliphatic rings. The molecule has 0 unspecified atom stereocenters. The van der Waals surface area contributed by atoms with E-state index in [1.807, 2.05) is 0 Å². The Morgan fingerprint density at radius 3 is 2.29 bits per heavy atom. The molecule has 6 nitrogen and oxygen atoms in total. The van der Waals surface area contributed by atoms with Gasteiger partial charge in [-0.05, 0) is 36.4 Å². The summed E-state index contributed by atoms with van der Waals surface area (Å²) >= 11 is 11.6. The highest BCUT2D eigenvalue weighted by Crippen LogP contribution is 2.36. The third-order valence-corrected chi connectivity index (χ3v) is 5.59. The molecule has 0 fully saturated rings. The number of sulfonamides is 1. The van der Waals surface area contributed by atoms with Crippen LogP contribution in [0.5, 0.6) is 5.75 Å². The van der Waals surface area contributed by atoms with Crippen LogP contribution in [0.25, 0.3) is 0 Å². The molecule has 0 saturated heterocycles. The lowest BCUT2D eigenvalue weighted by Crippen LogP contribution is -2.26. The van der Waals surface area contributed by atoms with Gasteiger partial charge in [0.2, 0.25) is 0 Å². The van der Waals surface area contributed by atoms with E-state index in [1.165, 1.54) is 44.5 Å². The van der Waals surface area contributed by atoms with Crippen molar-refractivity contribution in [3.63, 3.8) is 0 Å². The number of nitrogens with zero attached hydrogens (tertiary/aromatic N) is 1. The lowest BCUT2D eigenvalue weighted by atomic mass is 10.2. The summed E-state index contributed by atoms with van der Waals surface area (Å²) in [5.74, 6) is -1.12. The number of carbonyl (C=O) groups is 1. The second kappa shape index (κ2) is 6.88. The van der Waals surface area contributed by atoms with Crippen LogP contribution in [-0.4, -0.2) is 33.7 Å². The fourth-order valence-corrected chi connectivity index (χ4v) is 3.89. The van der Waals surface area contributed by atoms with Crippen LogP contribution in [0, 0.1) is 0 Å². The average Bonchev–Trinajstić information content (AvgIpc) is 2.56. The van der Waals surface area contributed by atoms with Crippen LogP contribution in [0.4, 0.5) is 5.69 Å². The van der Waals surface area contributed by atoms with E-state index >= 15 is 0 Å². The van der Waals surface area contributed by atoms with Crippen LogP contribution in [0.2, 0.25) is 10.0 Å². The molecule has 0 aliphatic carbocycles. The summed E-state index contributed by atoms with van der Waals surface area (Å²) in [6.45, 7) is 0. The molecule has 2 aromatic rings. The van der Waals surface area contributed by atoms with Crippen LogP contribution in [0.15, 0.2) is 41.3 Å². The second-order valence-electron chi connectivity index (χ2n) is 4.75. The molecule has 0 aromatic heterocycles. The predicted octanol–water partition coefficient (Wildman–Crippen LogP) is 3.31. The molecule has 2 aromatic carbocycles. The molecule has 0 amide bonds. The Hall–Kier alpha value is -1.96. The normalized spacial score (nSPS) is 11.2. The lowest BCUT2D eigenvalue weighted by molar-refractivity contribution is 0.0600. The van der Waals surface area contributed by atoms with Gasteiger partial charge >= 0.3 is 5.97 Å². The summed E-state index contributed by atoms with van der Waals surface area (Å²) in [5, 5.41) is 9.85. The van der Waals surface area contributed by atoms with Crippen molar-refractivity contribution in [2.75, 3.05) is 18.5 Å². The van der Waals surface area contributed by atoms with E-state index in [9.17, 15) is 18.3 Å². The van der Waals surface area contributed by atoms with Crippen LogP contribution >= 0.6 is 23.2 Å². The maximum atomic E-state index is 12.7. The van der Waals surface area contributed by atoms with Gasteiger partial charge in [0.05, 0.1) is 23.4 Å². The minimum absolute atomic E-state index is 0.0748. The molecule has 0 saturated carbocycles. The van der Waals surface area contributed by atoms with E-state index in [0.717, 1.165) is 10.4 Å². The van der Waals surface area contributed by atoms with Gasteiger partial charge < -0.3 is 9.84 Å². The number of hydrogen-bond acceptors (Lipinski definition) is 5. The van der Waals surface area contributed by atoms with E-state index in [-0.39, 0.29) is 21.3 Å². The molecular formula is C15H13Cl2NO5S.